The van der Waals surface area contributed by atoms with Crippen LogP contribution in [0.5, 0.6) is 0 Å². The first-order valence-corrected chi connectivity index (χ1v) is 10.5. The predicted octanol–water partition coefficient (Wildman–Crippen LogP) is 1.72. The summed E-state index contributed by atoms with van der Waals surface area (Å²) in [5.41, 5.74) is 0.817. The topological polar surface area (TPSA) is 99.2 Å². The highest BCUT2D eigenvalue weighted by Crippen LogP contribution is 2.21. The van der Waals surface area contributed by atoms with Gasteiger partial charge in [-0.25, -0.2) is 0 Å². The summed E-state index contributed by atoms with van der Waals surface area (Å²) in [6.45, 7) is 0.810. The predicted molar refractivity (Wildman–Crippen MR) is 103 cm³/mol. The lowest BCUT2D eigenvalue weighted by molar-refractivity contribution is 0.0287. The summed E-state index contributed by atoms with van der Waals surface area (Å²) in [4.78, 5) is 25.6. The Labute approximate surface area is 169 Å². The number of carbonyl (C=O) groups excluding carboxylic acids is 2. The van der Waals surface area contributed by atoms with Crippen molar-refractivity contribution in [2.45, 2.75) is 4.90 Å². The van der Waals surface area contributed by atoms with Crippen molar-refractivity contribution >= 4 is 21.9 Å². The minimum atomic E-state index is -3.78. The first kappa shape index (κ1) is 21.1. The molecule has 0 unspecified atom stereocenters. The zero-order chi connectivity index (χ0) is 20.7. The molecule has 0 saturated heterocycles. The summed E-state index contributed by atoms with van der Waals surface area (Å²) in [5, 5.41) is 0. The van der Waals surface area contributed by atoms with Crippen LogP contribution in [0.3, 0.4) is 0 Å². The number of amides is 2. The second-order valence-corrected chi connectivity index (χ2v) is 7.74. The van der Waals surface area contributed by atoms with Gasteiger partial charge in [0.2, 0.25) is 0 Å². The fourth-order valence-corrected chi connectivity index (χ4v) is 3.69. The lowest BCUT2D eigenvalue weighted by Crippen LogP contribution is -2.33. The average molecular weight is 419 g/mol. The Kier molecular flexibility index (Phi) is 7.10. The molecule has 9 heteroatoms. The highest BCUT2D eigenvalue weighted by atomic mass is 32.2. The van der Waals surface area contributed by atoms with Gasteiger partial charge < -0.3 is 9.47 Å². The monoisotopic (exact) mass is 419 g/mol. The Morgan fingerprint density at radius 2 is 1.21 bits per heavy atom. The molecule has 154 valence electrons. The van der Waals surface area contributed by atoms with Crippen LogP contribution in [-0.4, -0.2) is 64.7 Å². The summed E-state index contributed by atoms with van der Waals surface area (Å²) < 4.78 is 39.3. The third kappa shape index (κ3) is 5.27. The molecule has 0 aromatic heterocycles. The lowest BCUT2D eigenvalue weighted by Gasteiger charge is -2.13. The molecule has 1 aliphatic rings. The largest absolute Gasteiger partial charge is 0.377 e. The first-order valence-electron chi connectivity index (χ1n) is 9.06. The summed E-state index contributed by atoms with van der Waals surface area (Å²) in [6.07, 6.45) is 0. The van der Waals surface area contributed by atoms with Crippen molar-refractivity contribution in [2.24, 2.45) is 0 Å². The van der Waals surface area contributed by atoms with Gasteiger partial charge in [-0.15, -0.1) is 0 Å². The maximum atomic E-state index is 12.2. The minimum Gasteiger partial charge on any atom is -0.377 e. The van der Waals surface area contributed by atoms with Gasteiger partial charge in [0.25, 0.3) is 21.9 Å². The van der Waals surface area contributed by atoms with E-state index in [2.05, 4.69) is 0 Å². The van der Waals surface area contributed by atoms with Crippen molar-refractivity contribution in [3.8, 4) is 0 Å². The smallest absolute Gasteiger partial charge is 0.297 e. The quantitative estimate of drug-likeness (QED) is 0.311. The van der Waals surface area contributed by atoms with E-state index in [4.69, 9.17) is 13.7 Å². The third-order valence-electron chi connectivity index (χ3n) is 4.21. The molecule has 0 bridgehead atoms. The molecule has 0 spiro atoms. The molecule has 2 aromatic rings. The molecule has 2 aromatic carbocycles. The molecule has 1 aliphatic heterocycles. The summed E-state index contributed by atoms with van der Waals surface area (Å²) in [6, 6.07) is 14.6. The maximum Gasteiger partial charge on any atom is 0.297 e. The average Bonchev–Trinajstić information content (AvgIpc) is 2.98. The highest BCUT2D eigenvalue weighted by Gasteiger charge is 2.34. The zero-order valence-corrected chi connectivity index (χ0v) is 16.5. The number of nitrogens with zero attached hydrogens (tertiary/aromatic N) is 1. The molecule has 0 aliphatic carbocycles. The van der Waals surface area contributed by atoms with Gasteiger partial charge in [-0.1, -0.05) is 30.3 Å². The Hall–Kier alpha value is -2.59. The van der Waals surface area contributed by atoms with Crippen molar-refractivity contribution in [3.63, 3.8) is 0 Å². The molecule has 3 rings (SSSR count). The van der Waals surface area contributed by atoms with Crippen LogP contribution in [0.1, 0.15) is 20.7 Å². The van der Waals surface area contributed by atoms with Crippen molar-refractivity contribution < 1.29 is 31.7 Å². The summed E-state index contributed by atoms with van der Waals surface area (Å²) in [7, 11) is -3.78. The SMILES string of the molecule is O=C1c2ccccc2C(=O)N1CCOCCOCCOS(=O)(=O)c1ccccc1. The normalized spacial score (nSPS) is 13.7. The number of rotatable bonds is 11. The van der Waals surface area contributed by atoms with Gasteiger partial charge in [0.15, 0.2) is 0 Å². The van der Waals surface area contributed by atoms with Gasteiger partial charge in [-0.3, -0.25) is 18.7 Å². The fraction of sp³-hybridized carbons (Fsp3) is 0.300. The van der Waals surface area contributed by atoms with E-state index in [0.29, 0.717) is 11.1 Å². The number of carbonyl (C=O) groups is 2. The van der Waals surface area contributed by atoms with Gasteiger partial charge in [0.05, 0.1) is 55.6 Å². The fourth-order valence-electron chi connectivity index (χ4n) is 2.78. The maximum absolute atomic E-state index is 12.2. The van der Waals surface area contributed by atoms with Crippen molar-refractivity contribution in [1.29, 1.82) is 0 Å². The molecule has 0 saturated carbocycles. The first-order chi connectivity index (χ1) is 14.0. The van der Waals surface area contributed by atoms with Crippen molar-refractivity contribution in [1.82, 2.24) is 4.90 Å². The third-order valence-corrected chi connectivity index (χ3v) is 5.53. The number of hydrogen-bond acceptors (Lipinski definition) is 7. The van der Waals surface area contributed by atoms with E-state index in [1.807, 2.05) is 0 Å². The molecule has 1 heterocycles. The van der Waals surface area contributed by atoms with Crippen LogP contribution in [0.2, 0.25) is 0 Å². The molecular weight excluding hydrogens is 398 g/mol. The standard InChI is InChI=1S/C20H21NO7S/c22-19-17-8-4-5-9-18(17)20(23)21(19)10-11-26-12-13-27-14-15-28-29(24,25)16-6-2-1-3-7-16/h1-9H,10-15H2. The Morgan fingerprint density at radius 1 is 0.690 bits per heavy atom. The second-order valence-electron chi connectivity index (χ2n) is 6.12. The van der Waals surface area contributed by atoms with Crippen LogP contribution in [0.25, 0.3) is 0 Å². The zero-order valence-electron chi connectivity index (χ0n) is 15.7. The molecule has 29 heavy (non-hydrogen) atoms. The molecule has 0 fully saturated rings. The molecule has 0 N–H and O–H groups in total. The summed E-state index contributed by atoms with van der Waals surface area (Å²) in [5.74, 6) is -0.635. The Morgan fingerprint density at radius 3 is 1.83 bits per heavy atom. The van der Waals surface area contributed by atoms with Gasteiger partial charge in [0, 0.05) is 0 Å². The van der Waals surface area contributed by atoms with Crippen LogP contribution in [0.15, 0.2) is 59.5 Å². The molecule has 8 nitrogen and oxygen atoms in total. The van der Waals surface area contributed by atoms with Gasteiger partial charge in [0.1, 0.15) is 0 Å². The molecular formula is C20H21NO7S. The minimum absolute atomic E-state index is 0.0911. The second kappa shape index (κ2) is 9.75. The van der Waals surface area contributed by atoms with E-state index in [0.717, 1.165) is 4.90 Å². The van der Waals surface area contributed by atoms with Gasteiger partial charge in [-0.05, 0) is 24.3 Å². The number of imide groups is 1. The molecule has 0 radical (unpaired) electrons. The van der Waals surface area contributed by atoms with E-state index in [1.54, 1.807) is 42.5 Å². The van der Waals surface area contributed by atoms with Crippen molar-refractivity contribution in [2.75, 3.05) is 39.6 Å². The lowest BCUT2D eigenvalue weighted by atomic mass is 10.1. The number of hydrogen-bond donors (Lipinski definition) is 0. The van der Waals surface area contributed by atoms with Crippen LogP contribution >= 0.6 is 0 Å². The van der Waals surface area contributed by atoms with Gasteiger partial charge in [-0.2, -0.15) is 8.42 Å². The van der Waals surface area contributed by atoms with E-state index in [1.165, 1.54) is 12.1 Å². The van der Waals surface area contributed by atoms with E-state index >= 15 is 0 Å². The Bertz CT molecular complexity index is 925. The Balaban J connectivity index is 1.27. The van der Waals surface area contributed by atoms with E-state index in [-0.39, 0.29) is 56.3 Å². The van der Waals surface area contributed by atoms with Crippen LogP contribution in [-0.2, 0) is 23.8 Å². The summed E-state index contributed by atoms with van der Waals surface area (Å²) >= 11 is 0. The highest BCUT2D eigenvalue weighted by molar-refractivity contribution is 7.86. The number of fused-ring (bicyclic) bond motifs is 1. The molecule has 0 atom stereocenters. The van der Waals surface area contributed by atoms with E-state index in [9.17, 15) is 18.0 Å². The number of ether oxygens (including phenoxy) is 2. The van der Waals surface area contributed by atoms with Crippen LogP contribution in [0.4, 0.5) is 0 Å². The van der Waals surface area contributed by atoms with E-state index < -0.39 is 10.1 Å². The molecule has 2 amide bonds. The number of benzene rings is 2. The van der Waals surface area contributed by atoms with Crippen molar-refractivity contribution in [3.05, 3.63) is 65.7 Å². The van der Waals surface area contributed by atoms with Crippen LogP contribution in [0, 0.1) is 0 Å². The van der Waals surface area contributed by atoms with Crippen LogP contribution < -0.4 is 0 Å². The van der Waals surface area contributed by atoms with Gasteiger partial charge >= 0.3 is 0 Å².